The van der Waals surface area contributed by atoms with Crippen LogP contribution < -0.4 is 0 Å². The Balaban J connectivity index is 1.69. The summed E-state index contributed by atoms with van der Waals surface area (Å²) >= 11 is 0. The van der Waals surface area contributed by atoms with Crippen LogP contribution in [0.4, 0.5) is 0 Å². The Labute approximate surface area is 178 Å². The van der Waals surface area contributed by atoms with Gasteiger partial charge in [0, 0.05) is 30.2 Å². The van der Waals surface area contributed by atoms with E-state index in [4.69, 9.17) is 4.42 Å². The highest BCUT2D eigenvalue weighted by Crippen LogP contribution is 2.41. The van der Waals surface area contributed by atoms with Gasteiger partial charge in [-0.25, -0.2) is 4.98 Å². The molecule has 0 spiro atoms. The minimum atomic E-state index is 0.885. The summed E-state index contributed by atoms with van der Waals surface area (Å²) in [6.07, 6.45) is 3.78. The molecule has 3 heteroatoms. The topological polar surface area (TPSA) is 31.0 Å². The maximum atomic E-state index is 6.48. The van der Waals surface area contributed by atoms with Crippen LogP contribution in [0.1, 0.15) is 0 Å². The molecule has 2 aromatic heterocycles. The van der Waals surface area contributed by atoms with Gasteiger partial charge in [0.25, 0.3) is 0 Å². The van der Waals surface area contributed by atoms with Gasteiger partial charge in [-0.2, -0.15) is 0 Å². The first-order valence-corrected chi connectivity index (χ1v) is 10.5. The first-order chi connectivity index (χ1) is 15.3. The highest BCUT2D eigenvalue weighted by molar-refractivity contribution is 6.28. The van der Waals surface area contributed by atoms with Crippen molar-refractivity contribution in [3.05, 3.63) is 91.3 Å². The number of para-hydroxylation sites is 1. The van der Waals surface area contributed by atoms with Gasteiger partial charge in [0.1, 0.15) is 17.0 Å². The van der Waals surface area contributed by atoms with E-state index < -0.39 is 0 Å². The monoisotopic (exact) mass is 398 g/mol. The summed E-state index contributed by atoms with van der Waals surface area (Å²) in [6.45, 7) is 0. The van der Waals surface area contributed by atoms with E-state index >= 15 is 0 Å². The maximum absolute atomic E-state index is 6.48. The first kappa shape index (κ1) is 16.7. The van der Waals surface area contributed by atoms with E-state index in [1.807, 2.05) is 24.0 Å². The molecule has 0 bridgehead atoms. The first-order valence-electron chi connectivity index (χ1n) is 10.5. The number of furan rings is 1. The fourth-order valence-corrected chi connectivity index (χ4v) is 5.00. The minimum absolute atomic E-state index is 0.885. The van der Waals surface area contributed by atoms with Crippen LogP contribution >= 0.6 is 0 Å². The van der Waals surface area contributed by atoms with Crippen LogP contribution in [0.5, 0.6) is 0 Å². The van der Waals surface area contributed by atoms with Gasteiger partial charge in [-0.15, -0.1) is 0 Å². The molecule has 0 atom stereocenters. The number of imidazole rings is 1. The number of aryl methyl sites for hydroxylation is 1. The summed E-state index contributed by atoms with van der Waals surface area (Å²) in [5.41, 5.74) is 2.81. The van der Waals surface area contributed by atoms with Crippen LogP contribution in [0.15, 0.2) is 95.7 Å². The third-order valence-corrected chi connectivity index (χ3v) is 6.42. The molecule has 0 unspecified atom stereocenters. The van der Waals surface area contributed by atoms with Crippen molar-refractivity contribution in [3.63, 3.8) is 0 Å². The number of hydrogen-bond donors (Lipinski definition) is 0. The lowest BCUT2D eigenvalue weighted by Crippen LogP contribution is -1.91. The lowest BCUT2D eigenvalue weighted by Gasteiger charge is -2.10. The molecule has 0 aliphatic heterocycles. The van der Waals surface area contributed by atoms with Crippen LogP contribution in [0, 0.1) is 0 Å². The molecule has 2 heterocycles. The summed E-state index contributed by atoms with van der Waals surface area (Å²) in [6, 6.07) is 28.1. The summed E-state index contributed by atoms with van der Waals surface area (Å²) < 4.78 is 8.51. The fourth-order valence-electron chi connectivity index (χ4n) is 5.00. The van der Waals surface area contributed by atoms with Crippen molar-refractivity contribution in [2.24, 2.45) is 7.05 Å². The average Bonchev–Trinajstić information content (AvgIpc) is 3.41. The Bertz CT molecular complexity index is 1800. The number of rotatable bonds is 1. The van der Waals surface area contributed by atoms with Crippen LogP contribution in [0.3, 0.4) is 0 Å². The Hall–Kier alpha value is -4.11. The largest absolute Gasteiger partial charge is 0.455 e. The Morgan fingerprint density at radius 3 is 1.90 bits per heavy atom. The summed E-state index contributed by atoms with van der Waals surface area (Å²) in [4.78, 5) is 4.55. The molecular formula is C28H18N2O. The van der Waals surface area contributed by atoms with E-state index in [0.717, 1.165) is 33.3 Å². The predicted molar refractivity (Wildman–Crippen MR) is 128 cm³/mol. The van der Waals surface area contributed by atoms with Gasteiger partial charge in [-0.1, -0.05) is 60.7 Å². The molecule has 0 saturated carbocycles. The second kappa shape index (κ2) is 5.96. The molecule has 0 radical (unpaired) electrons. The molecule has 0 amide bonds. The van der Waals surface area contributed by atoms with Gasteiger partial charge in [0.05, 0.1) is 5.56 Å². The summed E-state index contributed by atoms with van der Waals surface area (Å²) in [7, 11) is 2.01. The van der Waals surface area contributed by atoms with Gasteiger partial charge in [-0.05, 0) is 50.5 Å². The lowest BCUT2D eigenvalue weighted by molar-refractivity contribution is 0.669. The van der Waals surface area contributed by atoms with Crippen molar-refractivity contribution < 1.29 is 4.42 Å². The third kappa shape index (κ3) is 2.20. The number of aromatic nitrogens is 2. The van der Waals surface area contributed by atoms with Crippen LogP contribution in [0.25, 0.3) is 65.6 Å². The number of benzene rings is 5. The number of fused-ring (bicyclic) bond motifs is 9. The van der Waals surface area contributed by atoms with Crippen molar-refractivity contribution in [3.8, 4) is 11.4 Å². The molecule has 31 heavy (non-hydrogen) atoms. The Morgan fingerprint density at radius 2 is 1.26 bits per heavy atom. The predicted octanol–water partition coefficient (Wildman–Crippen LogP) is 7.45. The van der Waals surface area contributed by atoms with Crippen LogP contribution in [0.2, 0.25) is 0 Å². The van der Waals surface area contributed by atoms with Gasteiger partial charge in [-0.3, -0.25) is 0 Å². The molecule has 0 aliphatic carbocycles. The number of nitrogens with zero attached hydrogens (tertiary/aromatic N) is 2. The molecule has 3 nitrogen and oxygen atoms in total. The SMILES string of the molecule is Cn1ccnc1-c1cccc2c1oc1cc3c4ccccc4c4ccccc4c3cc12. The summed E-state index contributed by atoms with van der Waals surface area (Å²) in [5, 5.41) is 9.82. The Kier molecular flexibility index (Phi) is 3.20. The molecule has 0 N–H and O–H groups in total. The lowest BCUT2D eigenvalue weighted by atomic mass is 9.93. The van der Waals surface area contributed by atoms with E-state index in [1.165, 1.54) is 32.3 Å². The van der Waals surface area contributed by atoms with Crippen molar-refractivity contribution in [1.29, 1.82) is 0 Å². The molecule has 5 aromatic carbocycles. The van der Waals surface area contributed by atoms with E-state index in [9.17, 15) is 0 Å². The van der Waals surface area contributed by atoms with Crippen molar-refractivity contribution in [1.82, 2.24) is 9.55 Å². The second-order valence-corrected chi connectivity index (χ2v) is 8.13. The molecule has 0 aliphatic rings. The van der Waals surface area contributed by atoms with Crippen molar-refractivity contribution >= 4 is 54.3 Å². The molecule has 0 saturated heterocycles. The average molecular weight is 398 g/mol. The molecule has 0 fully saturated rings. The van der Waals surface area contributed by atoms with Gasteiger partial charge in [0.15, 0.2) is 0 Å². The molecular weight excluding hydrogens is 380 g/mol. The van der Waals surface area contributed by atoms with Gasteiger partial charge in [0.2, 0.25) is 0 Å². The summed E-state index contributed by atoms with van der Waals surface area (Å²) in [5.74, 6) is 0.908. The quantitative estimate of drug-likeness (QED) is 0.269. The van der Waals surface area contributed by atoms with E-state index in [0.29, 0.717) is 0 Å². The standard InChI is InChI=1S/C28H18N2O/c1-30-14-13-29-28(30)22-12-6-11-21-25-15-23-19-9-4-2-7-17(19)18-8-3-5-10-20(18)24(23)16-26(25)31-27(21)22/h2-16H,1H3. The smallest absolute Gasteiger partial charge is 0.146 e. The number of hydrogen-bond acceptors (Lipinski definition) is 2. The zero-order valence-corrected chi connectivity index (χ0v) is 17.0. The van der Waals surface area contributed by atoms with Crippen molar-refractivity contribution in [2.45, 2.75) is 0 Å². The second-order valence-electron chi connectivity index (χ2n) is 8.13. The van der Waals surface area contributed by atoms with E-state index in [1.54, 1.807) is 0 Å². The highest BCUT2D eigenvalue weighted by Gasteiger charge is 2.17. The van der Waals surface area contributed by atoms with Gasteiger partial charge >= 0.3 is 0 Å². The molecule has 7 rings (SSSR count). The molecule has 146 valence electrons. The maximum Gasteiger partial charge on any atom is 0.146 e. The van der Waals surface area contributed by atoms with E-state index in [2.05, 4.69) is 83.8 Å². The Morgan fingerprint density at radius 1 is 0.645 bits per heavy atom. The fraction of sp³-hybridized carbons (Fsp3) is 0.0357. The normalized spacial score (nSPS) is 12.0. The third-order valence-electron chi connectivity index (χ3n) is 6.42. The van der Waals surface area contributed by atoms with E-state index in [-0.39, 0.29) is 0 Å². The van der Waals surface area contributed by atoms with Crippen LogP contribution in [-0.4, -0.2) is 9.55 Å². The highest BCUT2D eigenvalue weighted by atomic mass is 16.3. The zero-order chi connectivity index (χ0) is 20.5. The zero-order valence-electron chi connectivity index (χ0n) is 17.0. The van der Waals surface area contributed by atoms with Crippen LogP contribution in [-0.2, 0) is 7.05 Å². The van der Waals surface area contributed by atoms with Gasteiger partial charge < -0.3 is 8.98 Å². The minimum Gasteiger partial charge on any atom is -0.455 e. The van der Waals surface area contributed by atoms with Crippen molar-refractivity contribution in [2.75, 3.05) is 0 Å². The molecule has 7 aromatic rings.